The van der Waals surface area contributed by atoms with E-state index in [0.29, 0.717) is 12.1 Å². The molecule has 2 rings (SSSR count). The normalized spacial score (nSPS) is 12.4. The van der Waals surface area contributed by atoms with Crippen LogP contribution in [0.3, 0.4) is 0 Å². The summed E-state index contributed by atoms with van der Waals surface area (Å²) >= 11 is 1.75. The third-order valence-corrected chi connectivity index (χ3v) is 5.14. The predicted molar refractivity (Wildman–Crippen MR) is 119 cm³/mol. The van der Waals surface area contributed by atoms with Crippen LogP contribution in [0, 0.1) is 12.7 Å². The molecule has 2 N–H and O–H groups in total. The molecule has 1 unspecified atom stereocenters. The zero-order chi connectivity index (χ0) is 18.2. The van der Waals surface area contributed by atoms with Gasteiger partial charge in [0.2, 0.25) is 0 Å². The van der Waals surface area contributed by atoms with Gasteiger partial charge in [-0.25, -0.2) is 9.37 Å². The lowest BCUT2D eigenvalue weighted by Gasteiger charge is -2.18. The van der Waals surface area contributed by atoms with Crippen molar-refractivity contribution in [2.45, 2.75) is 46.6 Å². The van der Waals surface area contributed by atoms with E-state index in [1.807, 2.05) is 26.1 Å². The predicted octanol–water partition coefficient (Wildman–Crippen LogP) is 4.63. The number of thiazole rings is 1. The largest absolute Gasteiger partial charge is 0.357 e. The van der Waals surface area contributed by atoms with Gasteiger partial charge in [0.15, 0.2) is 5.96 Å². The van der Waals surface area contributed by atoms with Gasteiger partial charge in [0.25, 0.3) is 0 Å². The summed E-state index contributed by atoms with van der Waals surface area (Å²) in [6.07, 6.45) is 3.80. The van der Waals surface area contributed by atoms with E-state index < -0.39 is 0 Å². The smallest absolute Gasteiger partial charge is 0.191 e. The standard InChI is InChI=1S/C19H27FN4S.HI/c1-5-16-12-23-18(25-16)9-10-22-19(21-6-2)24-14(4)15-8-7-13(3)17(20)11-15;/h7-8,11-12,14H,5-6,9-10H2,1-4H3,(H2,21,22,24);1H. The molecule has 0 saturated heterocycles. The molecule has 4 nitrogen and oxygen atoms in total. The summed E-state index contributed by atoms with van der Waals surface area (Å²) in [4.78, 5) is 10.3. The summed E-state index contributed by atoms with van der Waals surface area (Å²) in [5.74, 6) is 0.562. The first-order valence-corrected chi connectivity index (χ1v) is 9.59. The minimum absolute atomic E-state index is 0. The lowest BCUT2D eigenvalue weighted by Crippen LogP contribution is -2.38. The molecule has 0 spiro atoms. The molecule has 144 valence electrons. The van der Waals surface area contributed by atoms with Gasteiger partial charge >= 0.3 is 0 Å². The Bertz CT molecular complexity index is 717. The Hall–Kier alpha value is -1.22. The van der Waals surface area contributed by atoms with Crippen molar-refractivity contribution in [2.24, 2.45) is 4.99 Å². The second-order valence-electron chi connectivity index (χ2n) is 5.96. The van der Waals surface area contributed by atoms with Crippen LogP contribution in [0.1, 0.15) is 47.8 Å². The Morgan fingerprint density at radius 1 is 1.35 bits per heavy atom. The highest BCUT2D eigenvalue weighted by atomic mass is 127. The van der Waals surface area contributed by atoms with E-state index in [1.165, 1.54) is 4.88 Å². The van der Waals surface area contributed by atoms with Gasteiger partial charge in [-0.1, -0.05) is 19.1 Å². The van der Waals surface area contributed by atoms with Crippen LogP contribution in [0.2, 0.25) is 0 Å². The summed E-state index contributed by atoms with van der Waals surface area (Å²) in [6, 6.07) is 5.31. The molecule has 7 heteroatoms. The highest BCUT2D eigenvalue weighted by molar-refractivity contribution is 14.0. The van der Waals surface area contributed by atoms with Crippen LogP contribution in [-0.2, 0) is 12.8 Å². The zero-order valence-electron chi connectivity index (χ0n) is 15.8. The third-order valence-electron chi connectivity index (χ3n) is 3.94. The second-order valence-corrected chi connectivity index (χ2v) is 7.16. The van der Waals surface area contributed by atoms with Crippen molar-refractivity contribution >= 4 is 41.3 Å². The number of hydrogen-bond acceptors (Lipinski definition) is 3. The highest BCUT2D eigenvalue weighted by Gasteiger charge is 2.10. The van der Waals surface area contributed by atoms with Crippen molar-refractivity contribution in [3.8, 4) is 0 Å². The van der Waals surface area contributed by atoms with Gasteiger partial charge in [-0.3, -0.25) is 4.99 Å². The summed E-state index contributed by atoms with van der Waals surface area (Å²) in [6.45, 7) is 9.38. The Kier molecular flexibility index (Phi) is 10.1. The quantitative estimate of drug-likeness (QED) is 0.338. The van der Waals surface area contributed by atoms with Gasteiger partial charge in [0.05, 0.1) is 11.0 Å². The molecule has 0 aliphatic carbocycles. The number of nitrogens with zero attached hydrogens (tertiary/aromatic N) is 2. The van der Waals surface area contributed by atoms with E-state index in [0.717, 1.165) is 35.9 Å². The van der Waals surface area contributed by atoms with E-state index in [1.54, 1.807) is 30.4 Å². The first-order chi connectivity index (χ1) is 12.0. The van der Waals surface area contributed by atoms with Crippen molar-refractivity contribution in [3.05, 3.63) is 51.2 Å². The van der Waals surface area contributed by atoms with Crippen LogP contribution in [0.4, 0.5) is 4.39 Å². The van der Waals surface area contributed by atoms with Gasteiger partial charge in [0.1, 0.15) is 5.82 Å². The summed E-state index contributed by atoms with van der Waals surface area (Å²) in [7, 11) is 0. The number of halogens is 2. The van der Waals surface area contributed by atoms with Gasteiger partial charge in [0, 0.05) is 30.6 Å². The number of aliphatic imine (C=N–C) groups is 1. The molecule has 1 aromatic carbocycles. The molecule has 0 bridgehead atoms. The van der Waals surface area contributed by atoms with Crippen molar-refractivity contribution < 1.29 is 4.39 Å². The van der Waals surface area contributed by atoms with E-state index in [4.69, 9.17) is 0 Å². The number of nitrogens with one attached hydrogen (secondary N) is 2. The summed E-state index contributed by atoms with van der Waals surface area (Å²) in [5, 5.41) is 7.69. The first-order valence-electron chi connectivity index (χ1n) is 8.78. The number of hydrogen-bond donors (Lipinski definition) is 2. The highest BCUT2D eigenvalue weighted by Crippen LogP contribution is 2.16. The molecule has 1 heterocycles. The number of aryl methyl sites for hydroxylation is 2. The molecule has 1 atom stereocenters. The molecule has 26 heavy (non-hydrogen) atoms. The monoisotopic (exact) mass is 490 g/mol. The SMILES string of the molecule is CCNC(=NCCc1ncc(CC)s1)NC(C)c1ccc(C)c(F)c1.I. The van der Waals surface area contributed by atoms with Crippen molar-refractivity contribution in [2.75, 3.05) is 13.1 Å². The molecule has 1 aromatic heterocycles. The van der Waals surface area contributed by atoms with E-state index in [-0.39, 0.29) is 35.8 Å². The van der Waals surface area contributed by atoms with Crippen LogP contribution in [0.25, 0.3) is 0 Å². The van der Waals surface area contributed by atoms with Gasteiger partial charge < -0.3 is 10.6 Å². The van der Waals surface area contributed by atoms with E-state index >= 15 is 0 Å². The molecule has 0 aliphatic rings. The minimum Gasteiger partial charge on any atom is -0.357 e. The van der Waals surface area contributed by atoms with Crippen molar-refractivity contribution in [3.63, 3.8) is 0 Å². The van der Waals surface area contributed by atoms with Crippen LogP contribution >= 0.6 is 35.3 Å². The summed E-state index contributed by atoms with van der Waals surface area (Å²) in [5.41, 5.74) is 1.56. The minimum atomic E-state index is -0.177. The molecule has 0 fully saturated rings. The van der Waals surface area contributed by atoms with E-state index in [2.05, 4.69) is 27.5 Å². The van der Waals surface area contributed by atoms with Gasteiger partial charge in [-0.15, -0.1) is 35.3 Å². The van der Waals surface area contributed by atoms with Crippen LogP contribution in [0.5, 0.6) is 0 Å². The average molecular weight is 490 g/mol. The molecular weight excluding hydrogens is 462 g/mol. The Morgan fingerprint density at radius 2 is 2.12 bits per heavy atom. The van der Waals surface area contributed by atoms with Crippen LogP contribution < -0.4 is 10.6 Å². The average Bonchev–Trinajstić information content (AvgIpc) is 3.05. The lowest BCUT2D eigenvalue weighted by atomic mass is 10.1. The maximum atomic E-state index is 13.8. The lowest BCUT2D eigenvalue weighted by molar-refractivity contribution is 0.607. The van der Waals surface area contributed by atoms with Gasteiger partial charge in [-0.05, 0) is 44.4 Å². The number of benzene rings is 1. The number of guanidine groups is 1. The molecule has 2 aromatic rings. The van der Waals surface area contributed by atoms with Crippen LogP contribution in [0.15, 0.2) is 29.4 Å². The fraction of sp³-hybridized carbons (Fsp3) is 0.474. The van der Waals surface area contributed by atoms with E-state index in [9.17, 15) is 4.39 Å². The number of aromatic nitrogens is 1. The Balaban J connectivity index is 0.00000338. The Morgan fingerprint density at radius 3 is 2.73 bits per heavy atom. The zero-order valence-corrected chi connectivity index (χ0v) is 19.0. The van der Waals surface area contributed by atoms with Gasteiger partial charge in [-0.2, -0.15) is 0 Å². The summed E-state index contributed by atoms with van der Waals surface area (Å²) < 4.78 is 13.8. The number of rotatable bonds is 7. The van der Waals surface area contributed by atoms with Crippen molar-refractivity contribution in [1.29, 1.82) is 0 Å². The molecule has 0 radical (unpaired) electrons. The first kappa shape index (κ1) is 22.8. The third kappa shape index (κ3) is 6.83. The fourth-order valence-electron chi connectivity index (χ4n) is 2.38. The molecular formula is C19H28FIN4S. The molecule has 0 amide bonds. The fourth-order valence-corrected chi connectivity index (χ4v) is 3.23. The van der Waals surface area contributed by atoms with Crippen molar-refractivity contribution in [1.82, 2.24) is 15.6 Å². The second kappa shape index (κ2) is 11.5. The maximum absolute atomic E-state index is 13.8. The topological polar surface area (TPSA) is 49.3 Å². The Labute approximate surface area is 176 Å². The molecule has 0 saturated carbocycles. The van der Waals surface area contributed by atoms with Crippen LogP contribution in [-0.4, -0.2) is 24.0 Å². The maximum Gasteiger partial charge on any atom is 0.191 e. The molecule has 0 aliphatic heterocycles.